The van der Waals surface area contributed by atoms with Gasteiger partial charge in [0.15, 0.2) is 0 Å². The monoisotopic (exact) mass is 309 g/mol. The lowest BCUT2D eigenvalue weighted by Gasteiger charge is -2.16. The lowest BCUT2D eigenvalue weighted by molar-refractivity contribution is 0.0693. The van der Waals surface area contributed by atoms with Crippen LogP contribution in [-0.2, 0) is 10.0 Å². The quantitative estimate of drug-likeness (QED) is 0.751. The fraction of sp³-hybridized carbons (Fsp3) is 0.385. The highest BCUT2D eigenvalue weighted by Gasteiger charge is 2.36. The summed E-state index contributed by atoms with van der Waals surface area (Å²) in [4.78, 5) is 24.7. The van der Waals surface area contributed by atoms with Crippen molar-refractivity contribution in [3.8, 4) is 0 Å². The Bertz CT molecular complexity index is 744. The van der Waals surface area contributed by atoms with Gasteiger partial charge in [0.1, 0.15) is 0 Å². The predicted octanol–water partition coefficient (Wildman–Crippen LogP) is -0.366. The van der Waals surface area contributed by atoms with E-state index in [2.05, 4.69) is 0 Å². The molecule has 3 rings (SSSR count). The first-order valence-corrected chi connectivity index (χ1v) is 7.98. The summed E-state index contributed by atoms with van der Waals surface area (Å²) in [5.41, 5.74) is 6.10. The SMILES string of the molecule is CN1C(=O)c2ccc(S(=O)(=O)N3CC[C@@H](N)C3)cc2C1=O. The second-order valence-electron chi connectivity index (χ2n) is 5.29. The smallest absolute Gasteiger partial charge is 0.261 e. The maximum atomic E-state index is 12.5. The third kappa shape index (κ3) is 2.06. The Kier molecular flexibility index (Phi) is 3.12. The molecule has 0 spiro atoms. The molecule has 0 unspecified atom stereocenters. The van der Waals surface area contributed by atoms with Crippen LogP contribution in [0.15, 0.2) is 23.1 Å². The van der Waals surface area contributed by atoms with Crippen molar-refractivity contribution in [3.63, 3.8) is 0 Å². The van der Waals surface area contributed by atoms with Crippen LogP contribution in [0.2, 0.25) is 0 Å². The summed E-state index contributed by atoms with van der Waals surface area (Å²) in [6.45, 7) is 0.638. The molecule has 2 aliphatic heterocycles. The van der Waals surface area contributed by atoms with Crippen LogP contribution in [0.1, 0.15) is 27.1 Å². The number of rotatable bonds is 2. The average Bonchev–Trinajstić information content (AvgIpc) is 2.98. The number of fused-ring (bicyclic) bond motifs is 1. The molecule has 1 fully saturated rings. The van der Waals surface area contributed by atoms with E-state index in [1.54, 1.807) is 0 Å². The summed E-state index contributed by atoms with van der Waals surface area (Å²) in [6.07, 6.45) is 0.615. The van der Waals surface area contributed by atoms with E-state index >= 15 is 0 Å². The molecule has 1 aromatic rings. The Morgan fingerprint density at radius 1 is 1.19 bits per heavy atom. The summed E-state index contributed by atoms with van der Waals surface area (Å²) in [5.74, 6) is -0.896. The topological polar surface area (TPSA) is 101 Å². The zero-order valence-electron chi connectivity index (χ0n) is 11.4. The van der Waals surface area contributed by atoms with E-state index < -0.39 is 21.8 Å². The number of nitrogens with zero attached hydrogens (tertiary/aromatic N) is 2. The molecule has 1 aromatic carbocycles. The van der Waals surface area contributed by atoms with Crippen molar-refractivity contribution in [3.05, 3.63) is 29.3 Å². The predicted molar refractivity (Wildman–Crippen MR) is 74.2 cm³/mol. The summed E-state index contributed by atoms with van der Waals surface area (Å²) in [7, 11) is -2.31. The van der Waals surface area contributed by atoms with Crippen molar-refractivity contribution < 1.29 is 18.0 Å². The minimum atomic E-state index is -3.68. The van der Waals surface area contributed by atoms with Gasteiger partial charge >= 0.3 is 0 Å². The van der Waals surface area contributed by atoms with Crippen LogP contribution in [0.3, 0.4) is 0 Å². The average molecular weight is 309 g/mol. The van der Waals surface area contributed by atoms with Gasteiger partial charge in [-0.3, -0.25) is 14.5 Å². The van der Waals surface area contributed by atoms with E-state index in [1.165, 1.54) is 29.6 Å². The Balaban J connectivity index is 2.02. The highest BCUT2D eigenvalue weighted by atomic mass is 32.2. The summed E-state index contributed by atoms with van der Waals surface area (Å²) in [6, 6.07) is 3.87. The van der Waals surface area contributed by atoms with Gasteiger partial charge in [-0.1, -0.05) is 0 Å². The molecule has 1 saturated heterocycles. The van der Waals surface area contributed by atoms with Crippen LogP contribution in [0.4, 0.5) is 0 Å². The Morgan fingerprint density at radius 3 is 2.48 bits per heavy atom. The van der Waals surface area contributed by atoms with Gasteiger partial charge in [0.25, 0.3) is 11.8 Å². The molecule has 1 atom stereocenters. The summed E-state index contributed by atoms with van der Waals surface area (Å²) < 4.78 is 26.3. The zero-order chi connectivity index (χ0) is 15.4. The Hall–Kier alpha value is -1.77. The van der Waals surface area contributed by atoms with Gasteiger partial charge in [0, 0.05) is 26.2 Å². The molecule has 112 valence electrons. The molecule has 0 aliphatic carbocycles. The van der Waals surface area contributed by atoms with E-state index in [0.717, 1.165) is 4.90 Å². The number of imide groups is 1. The molecule has 7 nitrogen and oxygen atoms in total. The second kappa shape index (κ2) is 4.62. The van der Waals surface area contributed by atoms with Gasteiger partial charge in [-0.2, -0.15) is 4.31 Å². The van der Waals surface area contributed by atoms with Gasteiger partial charge in [-0.15, -0.1) is 0 Å². The molecule has 2 N–H and O–H groups in total. The lowest BCUT2D eigenvalue weighted by Crippen LogP contribution is -2.32. The number of carbonyl (C=O) groups is 2. The lowest BCUT2D eigenvalue weighted by atomic mass is 10.1. The van der Waals surface area contributed by atoms with Crippen LogP contribution in [0.5, 0.6) is 0 Å². The highest BCUT2D eigenvalue weighted by Crippen LogP contribution is 2.27. The maximum Gasteiger partial charge on any atom is 0.261 e. The maximum absolute atomic E-state index is 12.5. The van der Waals surface area contributed by atoms with Gasteiger partial charge in [-0.05, 0) is 24.6 Å². The van der Waals surface area contributed by atoms with Gasteiger partial charge in [0.05, 0.1) is 16.0 Å². The third-order valence-corrected chi connectivity index (χ3v) is 5.75. The molecule has 2 aliphatic rings. The van der Waals surface area contributed by atoms with E-state index in [4.69, 9.17) is 5.73 Å². The summed E-state index contributed by atoms with van der Waals surface area (Å²) >= 11 is 0. The van der Waals surface area contributed by atoms with E-state index in [0.29, 0.717) is 13.0 Å². The standard InChI is InChI=1S/C13H15N3O4S/c1-15-12(17)10-3-2-9(6-11(10)13(15)18)21(19,20)16-5-4-8(14)7-16/h2-3,6,8H,4-5,7,14H2,1H3/t8-/m1/s1. The second-order valence-corrected chi connectivity index (χ2v) is 7.23. The number of nitrogens with two attached hydrogens (primary N) is 1. The first kappa shape index (κ1) is 14.2. The van der Waals surface area contributed by atoms with Crippen LogP contribution in [0.25, 0.3) is 0 Å². The van der Waals surface area contributed by atoms with E-state index in [9.17, 15) is 18.0 Å². The normalized spacial score (nSPS) is 23.0. The van der Waals surface area contributed by atoms with E-state index in [1.807, 2.05) is 0 Å². The largest absolute Gasteiger partial charge is 0.326 e. The molecule has 0 radical (unpaired) electrons. The molecule has 8 heteroatoms. The van der Waals surface area contributed by atoms with E-state index in [-0.39, 0.29) is 28.6 Å². The van der Waals surface area contributed by atoms with Crippen LogP contribution >= 0.6 is 0 Å². The molecule has 2 amide bonds. The van der Waals surface area contributed by atoms with Crippen LogP contribution in [-0.4, -0.2) is 55.6 Å². The highest BCUT2D eigenvalue weighted by molar-refractivity contribution is 7.89. The summed E-state index contributed by atoms with van der Waals surface area (Å²) in [5, 5.41) is 0. The van der Waals surface area contributed by atoms with Crippen molar-refractivity contribution in [2.75, 3.05) is 20.1 Å². The number of carbonyl (C=O) groups excluding carboxylic acids is 2. The number of benzene rings is 1. The van der Waals surface area contributed by atoms with Crippen molar-refractivity contribution in [2.45, 2.75) is 17.4 Å². The minimum Gasteiger partial charge on any atom is -0.326 e. The van der Waals surface area contributed by atoms with Crippen LogP contribution < -0.4 is 5.73 Å². The minimum absolute atomic E-state index is 0.0202. The molecule has 0 bridgehead atoms. The zero-order valence-corrected chi connectivity index (χ0v) is 12.3. The Morgan fingerprint density at radius 2 is 1.86 bits per heavy atom. The van der Waals surface area contributed by atoms with Crippen molar-refractivity contribution in [2.24, 2.45) is 5.73 Å². The van der Waals surface area contributed by atoms with Gasteiger partial charge < -0.3 is 5.73 Å². The van der Waals surface area contributed by atoms with Gasteiger partial charge in [-0.25, -0.2) is 8.42 Å². The molecule has 0 aromatic heterocycles. The third-order valence-electron chi connectivity index (χ3n) is 3.89. The van der Waals surface area contributed by atoms with Crippen molar-refractivity contribution in [1.82, 2.24) is 9.21 Å². The fourth-order valence-corrected chi connectivity index (χ4v) is 4.16. The number of hydrogen-bond acceptors (Lipinski definition) is 5. The number of amides is 2. The Labute approximate surface area is 122 Å². The van der Waals surface area contributed by atoms with Crippen molar-refractivity contribution in [1.29, 1.82) is 0 Å². The van der Waals surface area contributed by atoms with Crippen molar-refractivity contribution >= 4 is 21.8 Å². The van der Waals surface area contributed by atoms with Crippen LogP contribution in [0, 0.1) is 0 Å². The first-order valence-electron chi connectivity index (χ1n) is 6.54. The molecule has 0 saturated carbocycles. The van der Waals surface area contributed by atoms with Gasteiger partial charge in [0.2, 0.25) is 10.0 Å². The molecule has 2 heterocycles. The first-order chi connectivity index (χ1) is 9.82. The molecule has 21 heavy (non-hydrogen) atoms. The number of sulfonamides is 1. The fourth-order valence-electron chi connectivity index (χ4n) is 2.62. The number of hydrogen-bond donors (Lipinski definition) is 1. The molecular weight excluding hydrogens is 294 g/mol. The molecular formula is C13H15N3O4S.